The molecule has 0 spiro atoms. The molecule has 0 aliphatic rings. The summed E-state index contributed by atoms with van der Waals surface area (Å²) in [6.45, 7) is 5.98. The maximum absolute atomic E-state index is 12.9. The second kappa shape index (κ2) is 6.81. The molecule has 6 nitrogen and oxygen atoms in total. The van der Waals surface area contributed by atoms with Crippen molar-refractivity contribution >= 4 is 38.4 Å². The molecule has 0 bridgehead atoms. The lowest BCUT2D eigenvalue weighted by atomic mass is 10.1. The third-order valence-electron chi connectivity index (χ3n) is 4.30. The van der Waals surface area contributed by atoms with Gasteiger partial charge in [0, 0.05) is 12.6 Å². The molecule has 0 saturated carbocycles. The Bertz CT molecular complexity index is 1150. The molecule has 0 atom stereocenters. The molecule has 1 aromatic heterocycles. The highest BCUT2D eigenvalue weighted by molar-refractivity contribution is 7.92. The summed E-state index contributed by atoms with van der Waals surface area (Å²) in [5.41, 5.74) is 2.88. The van der Waals surface area contributed by atoms with Crippen LogP contribution in [0.5, 0.6) is 0 Å². The Balaban J connectivity index is 2.14. The van der Waals surface area contributed by atoms with E-state index in [0.717, 1.165) is 11.1 Å². The predicted octanol–water partition coefficient (Wildman–Crippen LogP) is 3.94. The molecule has 1 N–H and O–H groups in total. The summed E-state index contributed by atoms with van der Waals surface area (Å²) >= 11 is 6.23. The van der Waals surface area contributed by atoms with Crippen LogP contribution in [-0.2, 0) is 23.0 Å². The average Bonchev–Trinajstić information content (AvgIpc) is 2.89. The van der Waals surface area contributed by atoms with Gasteiger partial charge >= 0.3 is 5.76 Å². The van der Waals surface area contributed by atoms with Gasteiger partial charge in [-0.3, -0.25) is 9.29 Å². The first kappa shape index (κ1) is 18.5. The highest BCUT2D eigenvalue weighted by atomic mass is 35.5. The first-order valence-electron chi connectivity index (χ1n) is 8.22. The van der Waals surface area contributed by atoms with E-state index >= 15 is 0 Å². The molecule has 1 heterocycles. The van der Waals surface area contributed by atoms with E-state index < -0.39 is 15.8 Å². The second-order valence-electron chi connectivity index (χ2n) is 5.93. The monoisotopic (exact) mass is 394 g/mol. The van der Waals surface area contributed by atoms with E-state index in [1.807, 2.05) is 32.0 Å². The van der Waals surface area contributed by atoms with Crippen LogP contribution in [0.15, 0.2) is 44.4 Å². The fourth-order valence-electron chi connectivity index (χ4n) is 2.93. The molecule has 0 aliphatic carbocycles. The Morgan fingerprint density at radius 2 is 1.96 bits per heavy atom. The summed E-state index contributed by atoms with van der Waals surface area (Å²) in [6.07, 6.45) is 0.681. The lowest BCUT2D eigenvalue weighted by molar-refractivity contribution is 0.512. The predicted molar refractivity (Wildman–Crippen MR) is 103 cm³/mol. The molecular weight excluding hydrogens is 376 g/mol. The summed E-state index contributed by atoms with van der Waals surface area (Å²) in [5.74, 6) is -0.548. The van der Waals surface area contributed by atoms with Crippen molar-refractivity contribution in [3.8, 4) is 0 Å². The Kier molecular flexibility index (Phi) is 4.86. The van der Waals surface area contributed by atoms with Gasteiger partial charge < -0.3 is 4.42 Å². The van der Waals surface area contributed by atoms with E-state index in [1.54, 1.807) is 6.92 Å². The van der Waals surface area contributed by atoms with Gasteiger partial charge in [-0.15, -0.1) is 0 Å². The molecule has 0 radical (unpaired) electrons. The molecule has 0 unspecified atom stereocenters. The van der Waals surface area contributed by atoms with Gasteiger partial charge in [0.2, 0.25) is 0 Å². The van der Waals surface area contributed by atoms with Crippen LogP contribution < -0.4 is 10.5 Å². The van der Waals surface area contributed by atoms with E-state index in [4.69, 9.17) is 16.0 Å². The zero-order valence-corrected chi connectivity index (χ0v) is 16.2. The summed E-state index contributed by atoms with van der Waals surface area (Å²) in [6, 6.07) is 8.32. The van der Waals surface area contributed by atoms with Crippen molar-refractivity contribution < 1.29 is 12.8 Å². The van der Waals surface area contributed by atoms with Crippen LogP contribution in [0.2, 0.25) is 5.02 Å². The van der Waals surface area contributed by atoms with Crippen LogP contribution >= 0.6 is 11.6 Å². The number of fused-ring (bicyclic) bond motifs is 1. The highest BCUT2D eigenvalue weighted by Crippen LogP contribution is 2.30. The SMILES string of the molecule is CCc1cccc(C)c1NS(=O)(=O)c1cc2oc(=O)n(CC)c2cc1Cl. The van der Waals surface area contributed by atoms with Gasteiger partial charge in [-0.2, -0.15) is 0 Å². The number of nitrogens with one attached hydrogen (secondary N) is 1. The van der Waals surface area contributed by atoms with Gasteiger partial charge in [0.05, 0.1) is 16.2 Å². The largest absolute Gasteiger partial charge is 0.419 e. The Hall–Kier alpha value is -2.25. The third-order valence-corrected chi connectivity index (χ3v) is 6.12. The van der Waals surface area contributed by atoms with Gasteiger partial charge in [0.1, 0.15) is 4.90 Å². The minimum Gasteiger partial charge on any atom is -0.408 e. The Labute approximate surface area is 156 Å². The van der Waals surface area contributed by atoms with Gasteiger partial charge in [-0.05, 0) is 37.5 Å². The number of aryl methyl sites for hydroxylation is 3. The number of sulfonamides is 1. The summed E-state index contributed by atoms with van der Waals surface area (Å²) in [5, 5.41) is 0.0274. The normalized spacial score (nSPS) is 11.8. The van der Waals surface area contributed by atoms with E-state index in [-0.39, 0.29) is 15.5 Å². The van der Waals surface area contributed by atoms with Crippen LogP contribution in [0.1, 0.15) is 25.0 Å². The smallest absolute Gasteiger partial charge is 0.408 e. The van der Waals surface area contributed by atoms with Gasteiger partial charge in [0.15, 0.2) is 5.58 Å². The molecule has 2 aromatic carbocycles. The van der Waals surface area contributed by atoms with E-state index in [1.165, 1.54) is 16.7 Å². The quantitative estimate of drug-likeness (QED) is 0.710. The average molecular weight is 395 g/mol. The van der Waals surface area contributed by atoms with Crippen molar-refractivity contribution in [2.24, 2.45) is 0 Å². The summed E-state index contributed by atoms with van der Waals surface area (Å²) in [4.78, 5) is 11.7. The molecule has 0 fully saturated rings. The van der Waals surface area contributed by atoms with Crippen LogP contribution in [0, 0.1) is 6.92 Å². The maximum atomic E-state index is 12.9. The minimum atomic E-state index is -3.95. The molecule has 3 aromatic rings. The van der Waals surface area contributed by atoms with Crippen LogP contribution in [0.4, 0.5) is 5.69 Å². The Morgan fingerprint density at radius 3 is 2.62 bits per heavy atom. The lowest BCUT2D eigenvalue weighted by Crippen LogP contribution is -2.16. The number of anilines is 1. The third kappa shape index (κ3) is 3.12. The number of hydrogen-bond acceptors (Lipinski definition) is 4. The van der Waals surface area contributed by atoms with Gasteiger partial charge in [-0.1, -0.05) is 36.7 Å². The van der Waals surface area contributed by atoms with Crippen molar-refractivity contribution in [2.45, 2.75) is 38.6 Å². The standard InChI is InChI=1S/C18H19ClN2O4S/c1-4-12-8-6-7-11(3)17(12)20-26(23,24)16-10-15-14(9-13(16)19)21(5-2)18(22)25-15/h6-10,20H,4-5H2,1-3H3. The van der Waals surface area contributed by atoms with Crippen molar-refractivity contribution in [3.63, 3.8) is 0 Å². The van der Waals surface area contributed by atoms with Crippen LogP contribution in [-0.4, -0.2) is 13.0 Å². The number of rotatable bonds is 5. The fraction of sp³-hybridized carbons (Fsp3) is 0.278. The van der Waals surface area contributed by atoms with Crippen LogP contribution in [0.25, 0.3) is 11.1 Å². The molecule has 0 saturated heterocycles. The van der Waals surface area contributed by atoms with Crippen molar-refractivity contribution in [1.29, 1.82) is 0 Å². The number of benzene rings is 2. The van der Waals surface area contributed by atoms with Gasteiger partial charge in [-0.25, -0.2) is 13.2 Å². The number of nitrogens with zero attached hydrogens (tertiary/aromatic N) is 1. The number of halogens is 1. The molecular formula is C18H19ClN2O4S. The summed E-state index contributed by atoms with van der Waals surface area (Å²) < 4.78 is 35.0. The molecule has 0 amide bonds. The fourth-order valence-corrected chi connectivity index (χ4v) is 4.64. The molecule has 8 heteroatoms. The van der Waals surface area contributed by atoms with Gasteiger partial charge in [0.25, 0.3) is 10.0 Å². The molecule has 26 heavy (non-hydrogen) atoms. The van der Waals surface area contributed by atoms with Crippen molar-refractivity contribution in [1.82, 2.24) is 4.57 Å². The topological polar surface area (TPSA) is 81.3 Å². The van der Waals surface area contributed by atoms with Crippen LogP contribution in [0.3, 0.4) is 0 Å². The van der Waals surface area contributed by atoms with Crippen molar-refractivity contribution in [3.05, 3.63) is 57.0 Å². The molecule has 3 rings (SSSR count). The number of hydrogen-bond donors (Lipinski definition) is 1. The number of oxazole rings is 1. The van der Waals surface area contributed by atoms with E-state index in [2.05, 4.69) is 4.72 Å². The molecule has 138 valence electrons. The van der Waals surface area contributed by atoms with E-state index in [9.17, 15) is 13.2 Å². The summed E-state index contributed by atoms with van der Waals surface area (Å²) in [7, 11) is -3.95. The first-order chi connectivity index (χ1) is 12.3. The van der Waals surface area contributed by atoms with E-state index in [0.29, 0.717) is 24.2 Å². The highest BCUT2D eigenvalue weighted by Gasteiger charge is 2.23. The Morgan fingerprint density at radius 1 is 1.23 bits per heavy atom. The number of para-hydroxylation sites is 1. The zero-order chi connectivity index (χ0) is 19.1. The zero-order valence-electron chi connectivity index (χ0n) is 14.7. The molecule has 0 aliphatic heterocycles. The first-order valence-corrected chi connectivity index (χ1v) is 10.1. The maximum Gasteiger partial charge on any atom is 0.419 e. The second-order valence-corrected chi connectivity index (χ2v) is 7.99. The van der Waals surface area contributed by atoms with Crippen molar-refractivity contribution in [2.75, 3.05) is 4.72 Å². The number of aromatic nitrogens is 1. The minimum absolute atomic E-state index is 0.0274. The lowest BCUT2D eigenvalue weighted by Gasteiger charge is -2.15.